The van der Waals surface area contributed by atoms with Gasteiger partial charge in [0.15, 0.2) is 0 Å². The van der Waals surface area contributed by atoms with Gasteiger partial charge in [0.1, 0.15) is 6.29 Å². The molecule has 0 aromatic heterocycles. The van der Waals surface area contributed by atoms with E-state index in [1.54, 1.807) is 0 Å². The van der Waals surface area contributed by atoms with Gasteiger partial charge in [-0.15, -0.1) is 13.2 Å². The molecule has 19 heavy (non-hydrogen) atoms. The van der Waals surface area contributed by atoms with Crippen LogP contribution in [0.4, 0.5) is 0 Å². The van der Waals surface area contributed by atoms with Crippen LogP contribution < -0.4 is 0 Å². The Morgan fingerprint density at radius 1 is 1.05 bits per heavy atom. The normalized spacial score (nSPS) is 14.4. The predicted octanol–water partition coefficient (Wildman–Crippen LogP) is 5.26. The van der Waals surface area contributed by atoms with Crippen LogP contribution in [0.5, 0.6) is 0 Å². The van der Waals surface area contributed by atoms with E-state index in [-0.39, 0.29) is 11.8 Å². The minimum atomic E-state index is 0.0221. The molecule has 0 aromatic carbocycles. The molecule has 0 fully saturated rings. The molecule has 106 valence electrons. The van der Waals surface area contributed by atoms with Gasteiger partial charge in [-0.05, 0) is 52.4 Å². The summed E-state index contributed by atoms with van der Waals surface area (Å²) in [5, 5.41) is 0. The van der Waals surface area contributed by atoms with Crippen molar-refractivity contribution < 1.29 is 4.79 Å². The van der Waals surface area contributed by atoms with Crippen LogP contribution in [0.1, 0.15) is 46.5 Å². The smallest absolute Gasteiger partial charge is 0.123 e. The zero-order valence-corrected chi connectivity index (χ0v) is 12.7. The van der Waals surface area contributed by atoms with E-state index in [0.717, 1.165) is 32.0 Å². The lowest BCUT2D eigenvalue weighted by molar-refractivity contribution is -0.111. The van der Waals surface area contributed by atoms with Crippen molar-refractivity contribution in [3.05, 3.63) is 48.6 Å². The number of rotatable bonds is 10. The highest BCUT2D eigenvalue weighted by Crippen LogP contribution is 2.23. The van der Waals surface area contributed by atoms with E-state index < -0.39 is 0 Å². The molecule has 0 rings (SSSR count). The largest absolute Gasteiger partial charge is 0.303 e. The molecule has 1 heteroatoms. The second-order valence-corrected chi connectivity index (χ2v) is 5.35. The predicted molar refractivity (Wildman–Crippen MR) is 85.1 cm³/mol. The summed E-state index contributed by atoms with van der Waals surface area (Å²) in [6, 6.07) is 0. The molecule has 0 saturated carbocycles. The van der Waals surface area contributed by atoms with Crippen LogP contribution in [-0.4, -0.2) is 6.29 Å². The maximum atomic E-state index is 11.2. The SMILES string of the molecule is C=CCC(C=O)C(/C=C(/C)CCC=C(C)C)CC=C. The molecule has 1 nitrogen and oxygen atoms in total. The van der Waals surface area contributed by atoms with Gasteiger partial charge in [0.25, 0.3) is 0 Å². The van der Waals surface area contributed by atoms with Crippen molar-refractivity contribution in [3.63, 3.8) is 0 Å². The number of carbonyl (C=O) groups excluding carboxylic acids is 1. The van der Waals surface area contributed by atoms with Crippen molar-refractivity contribution >= 4 is 6.29 Å². The fourth-order valence-corrected chi connectivity index (χ4v) is 2.12. The van der Waals surface area contributed by atoms with Gasteiger partial charge in [-0.2, -0.15) is 0 Å². The van der Waals surface area contributed by atoms with Crippen molar-refractivity contribution in [2.45, 2.75) is 46.5 Å². The van der Waals surface area contributed by atoms with Crippen LogP contribution in [0.15, 0.2) is 48.6 Å². The van der Waals surface area contributed by atoms with Gasteiger partial charge in [-0.25, -0.2) is 0 Å². The van der Waals surface area contributed by atoms with Gasteiger partial charge in [-0.1, -0.05) is 35.5 Å². The number of hydrogen-bond donors (Lipinski definition) is 0. The first kappa shape index (κ1) is 17.6. The minimum Gasteiger partial charge on any atom is -0.303 e. The molecule has 0 bridgehead atoms. The molecule has 0 aromatic rings. The molecule has 0 aliphatic heterocycles. The summed E-state index contributed by atoms with van der Waals surface area (Å²) in [6.45, 7) is 13.9. The van der Waals surface area contributed by atoms with Crippen LogP contribution in [0, 0.1) is 11.8 Å². The molecule has 2 atom stereocenters. The standard InChI is InChI=1S/C18H28O/c1-6-9-17(18(14-19)10-7-2)13-16(5)12-8-11-15(3)4/h6-7,11,13-14,17-18H,1-2,8-10,12H2,3-5H3/b16-13-. The van der Waals surface area contributed by atoms with Crippen LogP contribution >= 0.6 is 0 Å². The van der Waals surface area contributed by atoms with Gasteiger partial charge < -0.3 is 4.79 Å². The maximum absolute atomic E-state index is 11.2. The lowest BCUT2D eigenvalue weighted by Gasteiger charge is -2.18. The van der Waals surface area contributed by atoms with E-state index in [4.69, 9.17) is 0 Å². The third-order valence-electron chi connectivity index (χ3n) is 3.19. The summed E-state index contributed by atoms with van der Waals surface area (Å²) >= 11 is 0. The van der Waals surface area contributed by atoms with E-state index in [2.05, 4.69) is 46.1 Å². The van der Waals surface area contributed by atoms with Crippen LogP contribution in [-0.2, 0) is 4.79 Å². The molecule has 0 heterocycles. The quantitative estimate of drug-likeness (QED) is 0.386. The van der Waals surface area contributed by atoms with E-state index in [1.165, 1.54) is 11.1 Å². The Bertz CT molecular complexity index is 343. The fourth-order valence-electron chi connectivity index (χ4n) is 2.12. The van der Waals surface area contributed by atoms with E-state index >= 15 is 0 Å². The molecular weight excluding hydrogens is 232 g/mol. The summed E-state index contributed by atoms with van der Waals surface area (Å²) in [7, 11) is 0. The second-order valence-electron chi connectivity index (χ2n) is 5.35. The number of hydrogen-bond acceptors (Lipinski definition) is 1. The molecule has 0 aliphatic carbocycles. The Morgan fingerprint density at radius 3 is 2.11 bits per heavy atom. The number of allylic oxidation sites excluding steroid dienone is 6. The van der Waals surface area contributed by atoms with Gasteiger partial charge in [0.05, 0.1) is 0 Å². The first-order valence-corrected chi connectivity index (χ1v) is 7.02. The average Bonchev–Trinajstić information content (AvgIpc) is 2.35. The Kier molecular flexibility index (Phi) is 9.78. The second kappa shape index (κ2) is 10.5. The molecular formula is C18H28O. The van der Waals surface area contributed by atoms with Gasteiger partial charge >= 0.3 is 0 Å². The highest BCUT2D eigenvalue weighted by Gasteiger charge is 2.16. The first-order chi connectivity index (χ1) is 9.04. The number of aldehydes is 1. The van der Waals surface area contributed by atoms with Crippen molar-refractivity contribution in [2.24, 2.45) is 11.8 Å². The molecule has 0 saturated heterocycles. The van der Waals surface area contributed by atoms with Crippen LogP contribution in [0.3, 0.4) is 0 Å². The van der Waals surface area contributed by atoms with E-state index in [9.17, 15) is 4.79 Å². The van der Waals surface area contributed by atoms with Gasteiger partial charge in [0.2, 0.25) is 0 Å². The molecule has 0 aliphatic rings. The molecule has 0 amide bonds. The maximum Gasteiger partial charge on any atom is 0.123 e. The third-order valence-corrected chi connectivity index (χ3v) is 3.19. The van der Waals surface area contributed by atoms with Crippen LogP contribution in [0.2, 0.25) is 0 Å². The summed E-state index contributed by atoms with van der Waals surface area (Å²) in [4.78, 5) is 11.2. The monoisotopic (exact) mass is 260 g/mol. The summed E-state index contributed by atoms with van der Waals surface area (Å²) in [5.41, 5.74) is 2.70. The average molecular weight is 260 g/mol. The molecule has 0 radical (unpaired) electrons. The molecule has 2 unspecified atom stereocenters. The number of carbonyl (C=O) groups is 1. The van der Waals surface area contributed by atoms with E-state index in [1.807, 2.05) is 12.2 Å². The Hall–Kier alpha value is -1.37. The molecule has 0 spiro atoms. The van der Waals surface area contributed by atoms with Crippen LogP contribution in [0.25, 0.3) is 0 Å². The van der Waals surface area contributed by atoms with Gasteiger partial charge in [0, 0.05) is 5.92 Å². The Labute approximate surface area is 118 Å². The topological polar surface area (TPSA) is 17.1 Å². The summed E-state index contributed by atoms with van der Waals surface area (Å²) in [5.74, 6) is 0.272. The van der Waals surface area contributed by atoms with Crippen molar-refractivity contribution in [3.8, 4) is 0 Å². The summed E-state index contributed by atoms with van der Waals surface area (Å²) < 4.78 is 0. The Morgan fingerprint density at radius 2 is 1.63 bits per heavy atom. The molecule has 0 N–H and O–H groups in total. The van der Waals surface area contributed by atoms with Crippen molar-refractivity contribution in [2.75, 3.05) is 0 Å². The zero-order valence-electron chi connectivity index (χ0n) is 12.7. The highest BCUT2D eigenvalue weighted by molar-refractivity contribution is 5.55. The minimum absolute atomic E-state index is 0.0221. The lowest BCUT2D eigenvalue weighted by atomic mass is 9.86. The summed E-state index contributed by atoms with van der Waals surface area (Å²) in [6.07, 6.45) is 13.0. The van der Waals surface area contributed by atoms with Gasteiger partial charge in [-0.3, -0.25) is 0 Å². The zero-order chi connectivity index (χ0) is 14.7. The van der Waals surface area contributed by atoms with Crippen molar-refractivity contribution in [1.82, 2.24) is 0 Å². The highest BCUT2D eigenvalue weighted by atomic mass is 16.1. The Balaban J connectivity index is 4.68. The third kappa shape index (κ3) is 8.36. The van der Waals surface area contributed by atoms with Crippen molar-refractivity contribution in [1.29, 1.82) is 0 Å². The lowest BCUT2D eigenvalue weighted by Crippen LogP contribution is -2.13. The van der Waals surface area contributed by atoms with E-state index in [0.29, 0.717) is 0 Å². The first-order valence-electron chi connectivity index (χ1n) is 7.02. The fraction of sp³-hybridized carbons (Fsp3) is 0.500.